The number of rotatable bonds is 48. The minimum atomic E-state index is -1.88. The second-order valence-electron chi connectivity index (χ2n) is 27.8. The molecule has 15 atom stereocenters. The van der Waals surface area contributed by atoms with E-state index in [1.807, 2.05) is 0 Å². The summed E-state index contributed by atoms with van der Waals surface area (Å²) >= 11 is 0. The Morgan fingerprint density at radius 1 is 0.438 bits per heavy atom. The molecule has 6 aromatic rings. The Morgan fingerprint density at radius 3 is 1.33 bits per heavy atom. The maximum atomic E-state index is 15.4. The van der Waals surface area contributed by atoms with Crippen LogP contribution in [0.1, 0.15) is 121 Å². The van der Waals surface area contributed by atoms with Gasteiger partial charge in [-0.25, -0.2) is 9.78 Å². The maximum absolute atomic E-state index is 15.4. The lowest BCUT2D eigenvalue weighted by Gasteiger charge is -2.29. The van der Waals surface area contributed by atoms with Crippen molar-refractivity contribution in [3.8, 4) is 0 Å². The molecule has 112 heavy (non-hydrogen) atoms. The van der Waals surface area contributed by atoms with E-state index in [9.17, 15) is 72.9 Å². The number of hydrogen-bond donors (Lipinski definition) is 22. The Balaban J connectivity index is 1.25. The number of carboxylic acid groups (broad SMARTS) is 1. The van der Waals surface area contributed by atoms with Crippen LogP contribution in [0.15, 0.2) is 104 Å². The Kier molecular flexibility index (Phi) is 35.2. The first-order valence-electron chi connectivity index (χ1n) is 37.1. The van der Waals surface area contributed by atoms with Crippen LogP contribution in [0.2, 0.25) is 0 Å². The highest BCUT2D eigenvalue weighted by molar-refractivity contribution is 6.01. The van der Waals surface area contributed by atoms with Crippen molar-refractivity contribution in [2.24, 2.45) is 34.6 Å². The number of nitrogens with two attached hydrogens (primary N) is 5. The number of carbonyl (C=O) groups is 14. The second kappa shape index (κ2) is 44.2. The zero-order chi connectivity index (χ0) is 82.3. The molecule has 0 aliphatic carbocycles. The fraction of sp³-hybridized carbons (Fsp3) is 0.480. The summed E-state index contributed by atoms with van der Waals surface area (Å²) in [5.74, 6) is -14.7. The number of aliphatic carboxylic acids is 1. The Labute approximate surface area is 645 Å². The normalized spacial score (nSPS) is 15.3. The van der Waals surface area contributed by atoms with Gasteiger partial charge in [0.2, 0.25) is 76.8 Å². The SMILES string of the molecule is CCC(C)[C@H](NC(=O)[C@@H](N)CCC(N)=O)C(=O)N[C@@H](CC(N)=O)C(=O)N[C@H](C(=O)N[C@@H](C)C(=O)N[C@@H](CCCCN)C(=O)N[C@@H](Cc1c[nH]c2ccccc12)C(=O)N[C@@H](Cc1c[nH]c2ccccc12)C(=O)N[C@@H](CCCCN)C(=O)N[C@H](C(=O)N[C@@H](Cc1c[nH]cn1)C(=O)N[C@@H](Cc1ccccc1)C(=O)O)C(C)O)C(C)O. The number of primary amides is 2. The van der Waals surface area contributed by atoms with Gasteiger partial charge in [0, 0.05) is 72.5 Å². The molecule has 37 heteroatoms. The van der Waals surface area contributed by atoms with Crippen LogP contribution in [0.4, 0.5) is 0 Å². The first-order valence-corrected chi connectivity index (χ1v) is 37.1. The summed E-state index contributed by atoms with van der Waals surface area (Å²) in [6.45, 7) is 7.17. The Hall–Kier alpha value is -11.7. The number of carboxylic acids is 1. The van der Waals surface area contributed by atoms with Crippen molar-refractivity contribution in [2.75, 3.05) is 13.1 Å². The molecule has 0 saturated carbocycles. The predicted octanol–water partition coefficient (Wildman–Crippen LogP) is -3.39. The summed E-state index contributed by atoms with van der Waals surface area (Å²) in [5.41, 5.74) is 31.6. The summed E-state index contributed by atoms with van der Waals surface area (Å²) in [6, 6.07) is 3.89. The monoisotopic (exact) mass is 1560 g/mol. The molecule has 6 rings (SSSR count). The highest BCUT2D eigenvalue weighted by Gasteiger charge is 2.39. The van der Waals surface area contributed by atoms with Crippen LogP contribution in [0.5, 0.6) is 0 Å². The number of carbonyl (C=O) groups excluding carboxylic acids is 13. The van der Waals surface area contributed by atoms with Gasteiger partial charge in [-0.2, -0.15) is 0 Å². The number of unbranched alkanes of at least 4 members (excludes halogenated alkanes) is 2. The standard InChI is InChI=1S/C75H106N20O17/c1-6-39(2)61(93-65(101)49(78)26-27-59(79)98)72(108)91-57(34-60(80)99)71(107)95-62(41(4)96)73(109)85-40(3)64(100)86-52(24-14-16-28-76)66(102)88-55(32-45-36-83-51-23-13-11-21-48(45)51)69(105)89-54(31-44-35-82-50-22-12-10-20-47(44)50)68(104)87-53(25-15-17-29-77)67(103)94-63(42(5)97)74(110)90-56(33-46-37-81-38-84-46)70(106)92-58(75(111)112)30-43-18-8-7-9-19-43/h7-13,18-23,35-42,49,52-58,61-63,82-83,96-97H,6,14-17,24-34,76-78H2,1-5H3,(H2,79,98)(H2,80,99)(H,81,84)(H,85,109)(H,86,100)(H,87,104)(H,88,102)(H,89,105)(H,90,110)(H,91,108)(H,92,106)(H,93,101)(H,94,103)(H,95,107)(H,111,112)/t39?,40-,41?,42?,49-,52-,53-,54-,55-,56-,57-,58-,61-,62-,63-/m0/s1. The predicted molar refractivity (Wildman–Crippen MR) is 410 cm³/mol. The van der Waals surface area contributed by atoms with Gasteiger partial charge in [-0.1, -0.05) is 87.0 Å². The summed E-state index contributed by atoms with van der Waals surface area (Å²) in [5, 5.41) is 61.6. The van der Waals surface area contributed by atoms with Gasteiger partial charge < -0.3 is 117 Å². The number of aliphatic hydroxyl groups is 2. The highest BCUT2D eigenvalue weighted by Crippen LogP contribution is 2.23. The smallest absolute Gasteiger partial charge is 0.326 e. The molecule has 27 N–H and O–H groups in total. The van der Waals surface area contributed by atoms with Crippen LogP contribution in [-0.4, -0.2) is 216 Å². The van der Waals surface area contributed by atoms with E-state index in [-0.39, 0.29) is 83.0 Å². The lowest BCUT2D eigenvalue weighted by molar-refractivity contribution is -0.142. The van der Waals surface area contributed by atoms with E-state index in [0.717, 1.165) is 6.92 Å². The molecule has 0 aliphatic heterocycles. The van der Waals surface area contributed by atoms with Crippen molar-refractivity contribution in [2.45, 2.75) is 209 Å². The van der Waals surface area contributed by atoms with Crippen molar-refractivity contribution >= 4 is 105 Å². The van der Waals surface area contributed by atoms with Gasteiger partial charge in [0.05, 0.1) is 36.7 Å². The van der Waals surface area contributed by atoms with Crippen molar-refractivity contribution in [3.05, 3.63) is 126 Å². The third kappa shape index (κ3) is 27.4. The maximum Gasteiger partial charge on any atom is 0.326 e. The molecule has 0 fully saturated rings. The van der Waals surface area contributed by atoms with Crippen LogP contribution >= 0.6 is 0 Å². The molecular weight excluding hydrogens is 1450 g/mol. The van der Waals surface area contributed by atoms with Crippen molar-refractivity contribution in [1.82, 2.24) is 78.4 Å². The molecule has 0 aliphatic rings. The van der Waals surface area contributed by atoms with Crippen LogP contribution in [0.25, 0.3) is 21.8 Å². The van der Waals surface area contributed by atoms with E-state index >= 15 is 9.59 Å². The summed E-state index contributed by atoms with van der Waals surface area (Å²) < 4.78 is 0. The molecule has 37 nitrogen and oxygen atoms in total. The van der Waals surface area contributed by atoms with Crippen molar-refractivity contribution in [3.63, 3.8) is 0 Å². The van der Waals surface area contributed by atoms with Crippen LogP contribution in [0, 0.1) is 5.92 Å². The zero-order valence-corrected chi connectivity index (χ0v) is 63.2. The van der Waals surface area contributed by atoms with Crippen LogP contribution < -0.4 is 87.2 Å². The third-order valence-electron chi connectivity index (χ3n) is 18.9. The molecule has 0 radical (unpaired) electrons. The number of aliphatic hydroxyl groups excluding tert-OH is 2. The number of hydrogen-bond acceptors (Lipinski definition) is 20. The van der Waals surface area contributed by atoms with Gasteiger partial charge in [0.1, 0.15) is 66.5 Å². The number of H-pyrrole nitrogens is 3. The van der Waals surface area contributed by atoms with Gasteiger partial charge >= 0.3 is 5.97 Å². The van der Waals surface area contributed by atoms with Crippen LogP contribution in [-0.2, 0) is 92.8 Å². The van der Waals surface area contributed by atoms with Crippen molar-refractivity contribution in [1.29, 1.82) is 0 Å². The lowest BCUT2D eigenvalue weighted by atomic mass is 9.97. The quantitative estimate of drug-likeness (QED) is 0.0166. The highest BCUT2D eigenvalue weighted by atomic mass is 16.4. The fourth-order valence-corrected chi connectivity index (χ4v) is 12.3. The van der Waals surface area contributed by atoms with Gasteiger partial charge in [-0.15, -0.1) is 0 Å². The molecule has 3 aromatic heterocycles. The second-order valence-corrected chi connectivity index (χ2v) is 27.8. The van der Waals surface area contributed by atoms with E-state index in [1.54, 1.807) is 105 Å². The lowest BCUT2D eigenvalue weighted by Crippen LogP contribution is -2.62. The topological polar surface area (TPSA) is 622 Å². The number of amides is 13. The van der Waals surface area contributed by atoms with Gasteiger partial charge in [0.25, 0.3) is 0 Å². The Morgan fingerprint density at radius 2 is 0.857 bits per heavy atom. The van der Waals surface area contributed by atoms with Gasteiger partial charge in [0.15, 0.2) is 0 Å². The zero-order valence-electron chi connectivity index (χ0n) is 63.2. The molecule has 608 valence electrons. The van der Waals surface area contributed by atoms with E-state index < -0.39 is 180 Å². The van der Waals surface area contributed by atoms with Gasteiger partial charge in [-0.05, 0) is 114 Å². The number of nitrogens with zero attached hydrogens (tertiary/aromatic N) is 1. The number of para-hydroxylation sites is 2. The minimum Gasteiger partial charge on any atom is -0.480 e. The molecule has 3 aromatic carbocycles. The van der Waals surface area contributed by atoms with Crippen LogP contribution in [0.3, 0.4) is 0 Å². The number of fused-ring (bicyclic) bond motifs is 2. The summed E-state index contributed by atoms with van der Waals surface area (Å²) in [6.07, 6.45) is 1.78. The van der Waals surface area contributed by atoms with E-state index in [0.29, 0.717) is 57.8 Å². The van der Waals surface area contributed by atoms with E-state index in [4.69, 9.17) is 28.7 Å². The van der Waals surface area contributed by atoms with Crippen molar-refractivity contribution < 1.29 is 82.4 Å². The van der Waals surface area contributed by atoms with E-state index in [2.05, 4.69) is 78.4 Å². The first kappa shape index (κ1) is 89.2. The molecule has 0 spiro atoms. The first-order chi connectivity index (χ1) is 53.3. The fourth-order valence-electron chi connectivity index (χ4n) is 12.3. The molecular formula is C75H106N20O17. The minimum absolute atomic E-state index is 0.0972. The summed E-state index contributed by atoms with van der Waals surface area (Å²) in [7, 11) is 0. The number of nitrogens with one attached hydrogen (secondary N) is 14. The average Bonchev–Trinajstić information content (AvgIpc) is 1.84. The van der Waals surface area contributed by atoms with E-state index in [1.165, 1.54) is 26.4 Å². The molecule has 13 amide bonds. The van der Waals surface area contributed by atoms with Gasteiger partial charge in [-0.3, -0.25) is 62.3 Å². The summed E-state index contributed by atoms with van der Waals surface area (Å²) in [4.78, 5) is 207. The molecule has 0 saturated heterocycles. The number of benzene rings is 3. The molecule has 3 heterocycles. The number of imidazole rings is 1. The average molecular weight is 1560 g/mol. The molecule has 0 bridgehead atoms. The largest absolute Gasteiger partial charge is 0.480 e. The molecule has 3 unspecified atom stereocenters. The number of aromatic amines is 3. The third-order valence-corrected chi connectivity index (χ3v) is 18.9. The Bertz CT molecular complexity index is 4190. The number of aromatic nitrogens is 4.